The third-order valence-electron chi connectivity index (χ3n) is 1.65. The van der Waals surface area contributed by atoms with E-state index in [1.54, 1.807) is 0 Å². The summed E-state index contributed by atoms with van der Waals surface area (Å²) in [7, 11) is 6.65. The second-order valence-electron chi connectivity index (χ2n) is 2.19. The lowest BCUT2D eigenvalue weighted by atomic mass is 10.8. The van der Waals surface area contributed by atoms with Gasteiger partial charge >= 0.3 is 0 Å². The Hall–Kier alpha value is 1.36. The van der Waals surface area contributed by atoms with Crippen LogP contribution in [0.25, 0.3) is 0 Å². The highest BCUT2D eigenvalue weighted by atomic mass is 34.0. The largest absolute Gasteiger partial charge is 0.272 e. The molecule has 0 bridgehead atoms. The Morgan fingerprint density at radius 2 is 2.00 bits per heavy atom. The summed E-state index contributed by atoms with van der Waals surface area (Å²) in [5.74, 6) is 0. The smallest absolute Gasteiger partial charge is 0.184 e. The predicted octanol–water partition coefficient (Wildman–Crippen LogP) is 2.18. The van der Waals surface area contributed by atoms with Crippen molar-refractivity contribution in [2.24, 2.45) is 0 Å². The van der Waals surface area contributed by atoms with Crippen molar-refractivity contribution in [3.05, 3.63) is 0 Å². The molecule has 0 aromatic rings. The van der Waals surface area contributed by atoms with Crippen LogP contribution in [0.5, 0.6) is 0 Å². The van der Waals surface area contributed by atoms with Crippen molar-refractivity contribution in [2.75, 3.05) is 6.54 Å². The van der Waals surface area contributed by atoms with Crippen LogP contribution in [-0.4, -0.2) is 9.29 Å². The zero-order valence-electron chi connectivity index (χ0n) is 4.38. The number of rotatable bonds is 2. The van der Waals surface area contributed by atoms with Gasteiger partial charge in [-0.1, -0.05) is 45.7 Å². The van der Waals surface area contributed by atoms with Crippen LogP contribution in [0.2, 0.25) is 0 Å². The standard InChI is InChI=1S/C3H7NS4/c1-2-4-8-3(5-8,6-8)7-8/h4,8H,2H2,1H3. The van der Waals surface area contributed by atoms with Crippen LogP contribution in [-0.2, 0) is 0 Å². The zero-order valence-corrected chi connectivity index (χ0v) is 7.72. The van der Waals surface area contributed by atoms with Gasteiger partial charge in [-0.2, -0.15) is 0 Å². The van der Waals surface area contributed by atoms with Gasteiger partial charge in [-0.15, -0.1) is 0 Å². The predicted molar refractivity (Wildman–Crippen MR) is 48.2 cm³/mol. The first-order chi connectivity index (χ1) is 3.76. The normalized spacial score (nSPS) is 61.4. The fourth-order valence-electron chi connectivity index (χ4n) is 1.05. The molecule has 8 heavy (non-hydrogen) atoms. The van der Waals surface area contributed by atoms with Gasteiger partial charge < -0.3 is 0 Å². The molecule has 48 valence electrons. The molecule has 0 atom stereocenters. The lowest BCUT2D eigenvalue weighted by molar-refractivity contribution is 1.04. The molecule has 0 spiro atoms. The molecule has 1 N–H and O–H groups in total. The summed E-state index contributed by atoms with van der Waals surface area (Å²) in [5, 5.41) is 0. The van der Waals surface area contributed by atoms with Crippen molar-refractivity contribution in [2.45, 2.75) is 9.67 Å². The quantitative estimate of drug-likeness (QED) is 0.388. The molecular formula is C3H7NS4. The molecule has 3 fully saturated rings. The second kappa shape index (κ2) is 0.906. The van der Waals surface area contributed by atoms with Crippen molar-refractivity contribution >= 4 is 38.8 Å². The first kappa shape index (κ1) is 5.07. The number of hydrogen-bond acceptors (Lipinski definition) is 4. The van der Waals surface area contributed by atoms with Crippen molar-refractivity contribution in [3.63, 3.8) is 0 Å². The van der Waals surface area contributed by atoms with Crippen LogP contribution in [0, 0.1) is 0 Å². The van der Waals surface area contributed by atoms with Gasteiger partial charge in [-0.05, 0) is 0 Å². The maximum Gasteiger partial charge on any atom is 0.184 e. The van der Waals surface area contributed by atoms with E-state index < -0.39 is 6.44 Å². The Morgan fingerprint density at radius 1 is 1.50 bits per heavy atom. The third-order valence-corrected chi connectivity index (χ3v) is 25.5. The summed E-state index contributed by atoms with van der Waals surface area (Å²) in [6.45, 7) is 3.38. The first-order valence-electron chi connectivity index (χ1n) is 2.67. The van der Waals surface area contributed by atoms with E-state index in [4.69, 9.17) is 0 Å². The van der Waals surface area contributed by atoms with E-state index in [1.165, 1.54) is 6.54 Å². The van der Waals surface area contributed by atoms with Gasteiger partial charge in [-0.25, -0.2) is 0 Å². The van der Waals surface area contributed by atoms with Gasteiger partial charge in [-0.3, -0.25) is 4.72 Å². The summed E-state index contributed by atoms with van der Waals surface area (Å²) >= 11 is 0. The molecule has 5 heteroatoms. The molecule has 1 nitrogen and oxygen atoms in total. The third kappa shape index (κ3) is 0.268. The van der Waals surface area contributed by atoms with E-state index in [0.717, 1.165) is 2.74 Å². The summed E-state index contributed by atoms with van der Waals surface area (Å²) in [4.78, 5) is 0. The highest BCUT2D eigenvalue weighted by Gasteiger charge is 3.11. The van der Waals surface area contributed by atoms with Crippen molar-refractivity contribution in [3.8, 4) is 0 Å². The molecule has 3 aliphatic rings. The van der Waals surface area contributed by atoms with E-state index in [2.05, 4.69) is 44.0 Å². The second-order valence-corrected chi connectivity index (χ2v) is 19.3. The summed E-state index contributed by atoms with van der Waals surface area (Å²) in [6.07, 6.45) is -1.04. The lowest BCUT2D eigenvalue weighted by Gasteiger charge is -2.26. The number of thiol groups is 1. The highest BCUT2D eigenvalue weighted by Crippen LogP contribution is 3.52. The van der Waals surface area contributed by atoms with Crippen molar-refractivity contribution in [1.82, 2.24) is 4.72 Å². The molecular weight excluding hydrogens is 178 g/mol. The fourth-order valence-corrected chi connectivity index (χ4v) is 29.9. The van der Waals surface area contributed by atoms with E-state index in [-0.39, 0.29) is 0 Å². The van der Waals surface area contributed by atoms with E-state index >= 15 is 0 Å². The van der Waals surface area contributed by atoms with Gasteiger partial charge in [0.2, 0.25) is 0 Å². The average Bonchev–Trinajstić information content (AvgIpc) is 2.21. The minimum atomic E-state index is -1.04. The first-order valence-corrected chi connectivity index (χ1v) is 9.17. The lowest BCUT2D eigenvalue weighted by Crippen LogP contribution is -2.06. The molecule has 0 aromatic carbocycles. The molecule has 3 aliphatic heterocycles. The molecule has 3 heterocycles. The molecule has 0 saturated carbocycles. The van der Waals surface area contributed by atoms with Crippen LogP contribution in [0.3, 0.4) is 0 Å². The molecule has 0 amide bonds. The molecule has 3 saturated heterocycles. The Morgan fingerprint density at radius 3 is 2.12 bits per heavy atom. The molecule has 0 aliphatic carbocycles. The summed E-state index contributed by atoms with van der Waals surface area (Å²) in [6, 6.07) is 0. The fraction of sp³-hybridized carbons (Fsp3) is 1.00. The monoisotopic (exact) mass is 185 g/mol. The molecule has 3 rings (SSSR count). The van der Waals surface area contributed by atoms with Crippen molar-refractivity contribution < 1.29 is 0 Å². The van der Waals surface area contributed by atoms with Crippen LogP contribution < -0.4 is 4.72 Å². The molecule has 0 radical (unpaired) electrons. The highest BCUT2D eigenvalue weighted by molar-refractivity contribution is 9.91. The van der Waals surface area contributed by atoms with Crippen LogP contribution in [0.15, 0.2) is 0 Å². The van der Waals surface area contributed by atoms with Crippen molar-refractivity contribution in [1.29, 1.82) is 0 Å². The summed E-state index contributed by atoms with van der Waals surface area (Å²) in [5.41, 5.74) is 0. The Balaban J connectivity index is 1.91. The number of nitrogens with one attached hydrogen (secondary N) is 1. The average molecular weight is 185 g/mol. The maximum atomic E-state index is 3.63. The molecule has 0 unspecified atom stereocenters. The zero-order chi connectivity index (χ0) is 5.48. The van der Waals surface area contributed by atoms with E-state index in [1.807, 2.05) is 0 Å². The Kier molecular flexibility index (Phi) is 0.574. The van der Waals surface area contributed by atoms with Gasteiger partial charge in [0.05, 0.1) is 0 Å². The Labute approximate surface area is 59.7 Å². The summed E-state index contributed by atoms with van der Waals surface area (Å²) < 4.78 is 4.41. The van der Waals surface area contributed by atoms with Gasteiger partial charge in [0.25, 0.3) is 0 Å². The SMILES string of the molecule is CCN[SH]123SC1(S2)S3. The van der Waals surface area contributed by atoms with Gasteiger partial charge in [0.15, 0.2) is 2.74 Å². The topological polar surface area (TPSA) is 12.0 Å². The minimum absolute atomic E-state index is 0.779. The van der Waals surface area contributed by atoms with Crippen LogP contribution in [0.1, 0.15) is 6.92 Å². The maximum absolute atomic E-state index is 3.63. The van der Waals surface area contributed by atoms with E-state index in [0.29, 0.717) is 0 Å². The van der Waals surface area contributed by atoms with Crippen LogP contribution >= 0.6 is 38.8 Å². The number of hydrogen-bond donors (Lipinski definition) is 2. The van der Waals surface area contributed by atoms with Crippen LogP contribution in [0.4, 0.5) is 0 Å². The van der Waals surface area contributed by atoms with Gasteiger partial charge in [0, 0.05) is 6.54 Å². The minimum Gasteiger partial charge on any atom is -0.272 e. The van der Waals surface area contributed by atoms with E-state index in [9.17, 15) is 0 Å². The molecule has 0 aromatic heterocycles. The Bertz CT molecular complexity index is 167. The van der Waals surface area contributed by atoms with Gasteiger partial charge in [0.1, 0.15) is 0 Å².